The molecule has 0 aliphatic carbocycles. The van der Waals surface area contributed by atoms with E-state index in [1.807, 2.05) is 0 Å². The summed E-state index contributed by atoms with van der Waals surface area (Å²) in [4.78, 5) is 14.5. The van der Waals surface area contributed by atoms with Crippen molar-refractivity contribution in [3.63, 3.8) is 0 Å². The van der Waals surface area contributed by atoms with E-state index in [-0.39, 0.29) is 32.4 Å². The van der Waals surface area contributed by atoms with Gasteiger partial charge in [-0.15, -0.1) is 0 Å². The Morgan fingerprint density at radius 2 is 1.96 bits per heavy atom. The van der Waals surface area contributed by atoms with Gasteiger partial charge in [-0.25, -0.2) is 8.42 Å². The number of rotatable bonds is 7. The third-order valence-electron chi connectivity index (χ3n) is 4.85. The van der Waals surface area contributed by atoms with Crippen LogP contribution in [-0.2, 0) is 15.6 Å². The summed E-state index contributed by atoms with van der Waals surface area (Å²) in [7, 11) is -3.82. The van der Waals surface area contributed by atoms with Gasteiger partial charge in [-0.1, -0.05) is 36.2 Å². The van der Waals surface area contributed by atoms with Crippen LogP contribution >= 0.6 is 23.2 Å². The van der Waals surface area contributed by atoms with Gasteiger partial charge in [0, 0.05) is 12.6 Å². The fourth-order valence-electron chi connectivity index (χ4n) is 3.46. The predicted molar refractivity (Wildman–Crippen MR) is 109 cm³/mol. The van der Waals surface area contributed by atoms with Crippen LogP contribution in [0.5, 0.6) is 0 Å². The number of halogens is 2. The summed E-state index contributed by atoms with van der Waals surface area (Å²) in [6.45, 7) is 4.64. The smallest absolute Gasteiger partial charge is 0.287 e. The molecule has 1 aliphatic rings. The molecule has 1 aromatic carbocycles. The van der Waals surface area contributed by atoms with Gasteiger partial charge in [0.25, 0.3) is 5.91 Å². The van der Waals surface area contributed by atoms with E-state index < -0.39 is 15.6 Å². The summed E-state index contributed by atoms with van der Waals surface area (Å²) in [6, 6.07) is 7.77. The van der Waals surface area contributed by atoms with E-state index in [2.05, 4.69) is 17.1 Å². The molecular formula is C19H22Cl2N2O4S. The highest BCUT2D eigenvalue weighted by atomic mass is 35.5. The first-order chi connectivity index (χ1) is 13.3. The summed E-state index contributed by atoms with van der Waals surface area (Å²) in [6.07, 6.45) is 2.18. The molecule has 152 valence electrons. The van der Waals surface area contributed by atoms with Gasteiger partial charge in [0.2, 0.25) is 0 Å². The number of carbonyl (C=O) groups is 1. The summed E-state index contributed by atoms with van der Waals surface area (Å²) >= 11 is 12.0. The number of nitrogens with zero attached hydrogens (tertiary/aromatic N) is 1. The van der Waals surface area contributed by atoms with Crippen LogP contribution in [0.25, 0.3) is 0 Å². The normalized spacial score (nSPS) is 17.8. The molecular weight excluding hydrogens is 423 g/mol. The Balaban J connectivity index is 1.66. The maximum Gasteiger partial charge on any atom is 0.287 e. The van der Waals surface area contributed by atoms with Crippen molar-refractivity contribution in [2.75, 3.05) is 19.6 Å². The fourth-order valence-corrected chi connectivity index (χ4v) is 5.96. The quantitative estimate of drug-likeness (QED) is 0.702. The molecule has 2 aromatic rings. The van der Waals surface area contributed by atoms with Gasteiger partial charge in [-0.05, 0) is 50.2 Å². The van der Waals surface area contributed by atoms with Gasteiger partial charge in [0.05, 0.1) is 10.0 Å². The largest absolute Gasteiger partial charge is 0.455 e. The number of hydrogen-bond acceptors (Lipinski definition) is 5. The number of likely N-dealkylation sites (tertiary alicyclic amines) is 1. The van der Waals surface area contributed by atoms with Crippen molar-refractivity contribution in [3.05, 3.63) is 51.9 Å². The van der Waals surface area contributed by atoms with Gasteiger partial charge in [0.15, 0.2) is 15.6 Å². The van der Waals surface area contributed by atoms with Crippen LogP contribution in [0.4, 0.5) is 0 Å². The van der Waals surface area contributed by atoms with Gasteiger partial charge in [-0.3, -0.25) is 9.69 Å². The maximum absolute atomic E-state index is 12.7. The molecule has 1 N–H and O–H groups in total. The summed E-state index contributed by atoms with van der Waals surface area (Å²) in [5.41, 5.74) is 0. The number of sulfone groups is 1. The first-order valence-electron chi connectivity index (χ1n) is 9.09. The lowest BCUT2D eigenvalue weighted by molar-refractivity contribution is 0.0912. The Bertz CT molecular complexity index is 938. The molecule has 1 saturated heterocycles. The molecule has 1 atom stereocenters. The third kappa shape index (κ3) is 4.71. The number of likely N-dealkylation sites (N-methyl/N-ethyl adjacent to an activating group) is 1. The van der Waals surface area contributed by atoms with Crippen LogP contribution in [-0.4, -0.2) is 44.9 Å². The Morgan fingerprint density at radius 1 is 1.25 bits per heavy atom. The van der Waals surface area contributed by atoms with E-state index in [1.165, 1.54) is 24.3 Å². The molecule has 1 aliphatic heterocycles. The van der Waals surface area contributed by atoms with Crippen LogP contribution in [0.2, 0.25) is 10.0 Å². The predicted octanol–water partition coefficient (Wildman–Crippen LogP) is 3.77. The van der Waals surface area contributed by atoms with Gasteiger partial charge < -0.3 is 9.73 Å². The van der Waals surface area contributed by atoms with Crippen molar-refractivity contribution in [1.29, 1.82) is 0 Å². The number of hydrogen-bond donors (Lipinski definition) is 1. The maximum atomic E-state index is 12.7. The number of amides is 1. The molecule has 3 rings (SSSR count). The van der Waals surface area contributed by atoms with Crippen LogP contribution < -0.4 is 5.32 Å². The lowest BCUT2D eigenvalue weighted by Gasteiger charge is -2.22. The summed E-state index contributed by atoms with van der Waals surface area (Å²) < 4.78 is 30.8. The van der Waals surface area contributed by atoms with Crippen molar-refractivity contribution in [2.45, 2.75) is 36.5 Å². The molecule has 0 radical (unpaired) electrons. The highest BCUT2D eigenvalue weighted by Crippen LogP contribution is 2.31. The molecule has 0 unspecified atom stereocenters. The first-order valence-corrected chi connectivity index (χ1v) is 11.5. The number of furan rings is 1. The minimum atomic E-state index is -3.82. The van der Waals surface area contributed by atoms with Crippen molar-refractivity contribution in [2.24, 2.45) is 0 Å². The second kappa shape index (κ2) is 8.86. The molecule has 0 saturated carbocycles. The molecule has 1 fully saturated rings. The monoisotopic (exact) mass is 444 g/mol. The Labute approximate surface area is 174 Å². The lowest BCUT2D eigenvalue weighted by atomic mass is 10.2. The van der Waals surface area contributed by atoms with Crippen LogP contribution in [0.3, 0.4) is 0 Å². The van der Waals surface area contributed by atoms with E-state index in [1.54, 1.807) is 6.07 Å². The van der Waals surface area contributed by atoms with Crippen LogP contribution in [0.15, 0.2) is 39.6 Å². The molecule has 1 amide bonds. The third-order valence-corrected chi connectivity index (χ3v) is 7.43. The minimum Gasteiger partial charge on any atom is -0.455 e. The highest BCUT2D eigenvalue weighted by Gasteiger charge is 2.26. The second-order valence-corrected chi connectivity index (χ2v) is 9.45. The average molecular weight is 445 g/mol. The van der Waals surface area contributed by atoms with Gasteiger partial charge in [-0.2, -0.15) is 0 Å². The Kier molecular flexibility index (Phi) is 6.70. The summed E-state index contributed by atoms with van der Waals surface area (Å²) in [5, 5.41) is 2.97. The minimum absolute atomic E-state index is 0.0501. The molecule has 28 heavy (non-hydrogen) atoms. The van der Waals surface area contributed by atoms with Crippen molar-refractivity contribution >= 4 is 38.9 Å². The van der Waals surface area contributed by atoms with Crippen molar-refractivity contribution < 1.29 is 17.6 Å². The van der Waals surface area contributed by atoms with E-state index in [0.29, 0.717) is 12.6 Å². The van der Waals surface area contributed by atoms with Crippen LogP contribution in [0, 0.1) is 0 Å². The van der Waals surface area contributed by atoms with Crippen molar-refractivity contribution in [3.8, 4) is 0 Å². The molecule has 2 heterocycles. The Hall–Kier alpha value is -1.54. The van der Waals surface area contributed by atoms with E-state index >= 15 is 0 Å². The zero-order chi connectivity index (χ0) is 20.3. The molecule has 9 heteroatoms. The zero-order valence-electron chi connectivity index (χ0n) is 15.5. The number of carbonyl (C=O) groups excluding carboxylic acids is 1. The highest BCUT2D eigenvalue weighted by molar-refractivity contribution is 7.90. The van der Waals surface area contributed by atoms with Gasteiger partial charge in [0.1, 0.15) is 16.4 Å². The van der Waals surface area contributed by atoms with Crippen LogP contribution in [0.1, 0.15) is 36.1 Å². The molecule has 1 aromatic heterocycles. The summed E-state index contributed by atoms with van der Waals surface area (Å²) in [5.74, 6) is -0.563. The SMILES string of the molecule is CCN1CCC[C@H]1CNC(=O)c1ccc(CS(=O)(=O)c2c(Cl)cccc2Cl)o1. The Morgan fingerprint density at radius 3 is 2.64 bits per heavy atom. The second-order valence-electron chi connectivity index (χ2n) is 6.71. The molecule has 0 bridgehead atoms. The average Bonchev–Trinajstić information content (AvgIpc) is 3.27. The molecule has 0 spiro atoms. The number of nitrogens with one attached hydrogen (secondary N) is 1. The number of benzene rings is 1. The lowest BCUT2D eigenvalue weighted by Crippen LogP contribution is -2.39. The van der Waals surface area contributed by atoms with Gasteiger partial charge >= 0.3 is 0 Å². The molecule has 6 nitrogen and oxygen atoms in total. The topological polar surface area (TPSA) is 79.6 Å². The zero-order valence-corrected chi connectivity index (χ0v) is 17.8. The standard InChI is InChI=1S/C19H22Cl2N2O4S/c1-2-23-10-4-5-13(23)11-22-19(24)17-9-8-14(27-17)12-28(25,26)18-15(20)6-3-7-16(18)21/h3,6-9,13H,2,4-5,10-12H2,1H3,(H,22,24)/t13-/m0/s1. The fraction of sp³-hybridized carbons (Fsp3) is 0.421. The van der Waals surface area contributed by atoms with E-state index in [0.717, 1.165) is 25.9 Å². The van der Waals surface area contributed by atoms with Crippen molar-refractivity contribution in [1.82, 2.24) is 10.2 Å². The first kappa shape index (κ1) is 21.2. The van der Waals surface area contributed by atoms with E-state index in [9.17, 15) is 13.2 Å². The van der Waals surface area contributed by atoms with E-state index in [4.69, 9.17) is 27.6 Å².